The summed E-state index contributed by atoms with van der Waals surface area (Å²) in [5, 5.41) is 17.3. The Hall–Kier alpha value is -4.69. The molecule has 230 valence electrons. The number of hydrogen-bond acceptors (Lipinski definition) is 10. The van der Waals surface area contributed by atoms with E-state index in [0.29, 0.717) is 16.1 Å². The summed E-state index contributed by atoms with van der Waals surface area (Å²) in [5.74, 6) is -4.47. The standard InChI is InChI=1S/C28H30ClFN4O9/c1-15(2)24(31-28(39)41-4)27(38)42-22(26(36)37)14-34(32-25(35)21-12-23(40-3)33-43-21)13-16-5-7-17(8-6-16)19-11-18(29)9-10-20(19)30/h5-12,15,22,24H,13-14H2,1-4H3,(H,31,39)(H,32,35)(H,36,37)/t22-,24?/m1/s1. The number of hydrazine groups is 1. The molecule has 0 fully saturated rings. The van der Waals surface area contributed by atoms with Gasteiger partial charge in [0, 0.05) is 17.1 Å². The molecule has 3 aromatic rings. The number of carbonyl (C=O) groups excluding carboxylic acids is 3. The van der Waals surface area contributed by atoms with Gasteiger partial charge in [0.05, 0.1) is 26.8 Å². The van der Waals surface area contributed by atoms with Gasteiger partial charge < -0.3 is 29.2 Å². The maximum Gasteiger partial charge on any atom is 0.407 e. The van der Waals surface area contributed by atoms with Crippen LogP contribution in [0.25, 0.3) is 11.1 Å². The van der Waals surface area contributed by atoms with E-state index >= 15 is 0 Å². The number of hydrogen-bond donors (Lipinski definition) is 3. The number of esters is 1. The highest BCUT2D eigenvalue weighted by Gasteiger charge is 2.33. The molecule has 0 aliphatic carbocycles. The van der Waals surface area contributed by atoms with E-state index in [4.69, 9.17) is 25.6 Å². The van der Waals surface area contributed by atoms with Crippen LogP contribution in [0.5, 0.6) is 5.88 Å². The van der Waals surface area contributed by atoms with Crippen molar-refractivity contribution in [1.82, 2.24) is 20.9 Å². The van der Waals surface area contributed by atoms with Crippen LogP contribution in [0.15, 0.2) is 53.1 Å². The normalized spacial score (nSPS) is 12.4. The molecule has 3 N–H and O–H groups in total. The predicted molar refractivity (Wildman–Crippen MR) is 149 cm³/mol. The van der Waals surface area contributed by atoms with E-state index in [9.17, 15) is 28.7 Å². The van der Waals surface area contributed by atoms with Crippen molar-refractivity contribution in [1.29, 1.82) is 0 Å². The lowest BCUT2D eigenvalue weighted by Gasteiger charge is -2.27. The first kappa shape index (κ1) is 32.8. The van der Waals surface area contributed by atoms with E-state index < -0.39 is 54.4 Å². The van der Waals surface area contributed by atoms with Gasteiger partial charge in [-0.2, -0.15) is 0 Å². The molecule has 1 unspecified atom stereocenters. The fraction of sp³-hybridized carbons (Fsp3) is 0.321. The molecule has 0 radical (unpaired) electrons. The molecule has 43 heavy (non-hydrogen) atoms. The van der Waals surface area contributed by atoms with E-state index in [-0.39, 0.29) is 23.7 Å². The average molecular weight is 621 g/mol. The second kappa shape index (κ2) is 15.0. The Morgan fingerprint density at radius 3 is 2.37 bits per heavy atom. The van der Waals surface area contributed by atoms with E-state index in [1.54, 1.807) is 38.1 Å². The number of carbonyl (C=O) groups is 4. The van der Waals surface area contributed by atoms with Crippen molar-refractivity contribution in [3.05, 3.63) is 70.7 Å². The second-order valence-corrected chi connectivity index (χ2v) is 9.93. The summed E-state index contributed by atoms with van der Waals surface area (Å²) in [6.45, 7) is 2.64. The molecule has 0 saturated heterocycles. The lowest BCUT2D eigenvalue weighted by Crippen LogP contribution is -2.51. The third kappa shape index (κ3) is 9.15. The molecule has 13 nitrogen and oxygen atoms in total. The van der Waals surface area contributed by atoms with Crippen molar-refractivity contribution in [2.45, 2.75) is 32.5 Å². The van der Waals surface area contributed by atoms with Gasteiger partial charge in [-0.05, 0) is 40.4 Å². The number of rotatable bonds is 13. The minimum Gasteiger partial charge on any atom is -0.479 e. The maximum atomic E-state index is 14.4. The van der Waals surface area contributed by atoms with Crippen LogP contribution in [0.1, 0.15) is 30.0 Å². The zero-order chi connectivity index (χ0) is 31.7. The van der Waals surface area contributed by atoms with Crippen LogP contribution in [0.4, 0.5) is 9.18 Å². The average Bonchev–Trinajstić information content (AvgIpc) is 3.46. The number of benzene rings is 2. The van der Waals surface area contributed by atoms with Crippen LogP contribution in [0.2, 0.25) is 5.02 Å². The first-order valence-electron chi connectivity index (χ1n) is 12.8. The smallest absolute Gasteiger partial charge is 0.407 e. The van der Waals surface area contributed by atoms with Crippen LogP contribution in [-0.4, -0.2) is 72.1 Å². The number of carboxylic acid groups (broad SMARTS) is 1. The van der Waals surface area contributed by atoms with Crippen molar-refractivity contribution in [3.8, 4) is 17.0 Å². The van der Waals surface area contributed by atoms with Crippen molar-refractivity contribution < 1.29 is 47.4 Å². The minimum absolute atomic E-state index is 0.0377. The number of alkyl carbamates (subject to hydrolysis) is 1. The summed E-state index contributed by atoms with van der Waals surface area (Å²) in [6, 6.07) is 10.7. The zero-order valence-corrected chi connectivity index (χ0v) is 24.4. The van der Waals surface area contributed by atoms with Gasteiger partial charge in [-0.15, -0.1) is 0 Å². The van der Waals surface area contributed by atoms with Crippen LogP contribution < -0.4 is 15.5 Å². The molecule has 0 aliphatic rings. The number of carboxylic acids is 1. The predicted octanol–water partition coefficient (Wildman–Crippen LogP) is 3.67. The monoisotopic (exact) mass is 620 g/mol. The molecule has 0 saturated carbocycles. The molecule has 1 heterocycles. The number of aromatic nitrogens is 1. The Morgan fingerprint density at radius 1 is 1.09 bits per heavy atom. The molecule has 0 bridgehead atoms. The summed E-state index contributed by atoms with van der Waals surface area (Å²) in [7, 11) is 2.44. The van der Waals surface area contributed by atoms with Gasteiger partial charge in [-0.25, -0.2) is 23.8 Å². The first-order valence-corrected chi connectivity index (χ1v) is 13.2. The van der Waals surface area contributed by atoms with Crippen molar-refractivity contribution in [2.75, 3.05) is 20.8 Å². The summed E-state index contributed by atoms with van der Waals surface area (Å²) < 4.78 is 34.0. The molecule has 0 spiro atoms. The zero-order valence-electron chi connectivity index (χ0n) is 23.6. The fourth-order valence-corrected chi connectivity index (χ4v) is 3.97. The maximum absolute atomic E-state index is 14.4. The second-order valence-electron chi connectivity index (χ2n) is 9.50. The van der Waals surface area contributed by atoms with Gasteiger partial charge in [0.25, 0.3) is 5.88 Å². The van der Waals surface area contributed by atoms with Crippen LogP contribution in [-0.2, 0) is 25.6 Å². The summed E-state index contributed by atoms with van der Waals surface area (Å²) in [6.07, 6.45) is -2.68. The number of amides is 2. The molecule has 1 aromatic heterocycles. The molecule has 15 heteroatoms. The number of ether oxygens (including phenoxy) is 3. The Labute approximate surface area is 250 Å². The molecular formula is C28H30ClFN4O9. The highest BCUT2D eigenvalue weighted by atomic mass is 35.5. The number of aliphatic carboxylic acids is 1. The SMILES string of the molecule is COC(=O)NC(C(=O)O[C@H](CN(Cc1ccc(-c2cc(Cl)ccc2F)cc1)NC(=O)c1cc(OC)no1)C(=O)O)C(C)C. The lowest BCUT2D eigenvalue weighted by molar-refractivity contribution is -0.167. The van der Waals surface area contributed by atoms with E-state index in [1.165, 1.54) is 36.4 Å². The third-order valence-corrected chi connectivity index (χ3v) is 6.28. The van der Waals surface area contributed by atoms with Gasteiger partial charge >= 0.3 is 23.9 Å². The van der Waals surface area contributed by atoms with Gasteiger partial charge in [0.15, 0.2) is 0 Å². The van der Waals surface area contributed by atoms with Gasteiger partial charge in [-0.1, -0.05) is 49.7 Å². The summed E-state index contributed by atoms with van der Waals surface area (Å²) in [5.41, 5.74) is 3.90. The summed E-state index contributed by atoms with van der Waals surface area (Å²) in [4.78, 5) is 49.6. The first-order chi connectivity index (χ1) is 20.4. The fourth-order valence-electron chi connectivity index (χ4n) is 3.80. The van der Waals surface area contributed by atoms with Crippen LogP contribution in [0.3, 0.4) is 0 Å². The Bertz CT molecular complexity index is 1450. The largest absolute Gasteiger partial charge is 0.479 e. The van der Waals surface area contributed by atoms with Gasteiger partial charge in [0.1, 0.15) is 11.9 Å². The van der Waals surface area contributed by atoms with Crippen molar-refractivity contribution in [3.63, 3.8) is 0 Å². The van der Waals surface area contributed by atoms with Gasteiger partial charge in [0.2, 0.25) is 11.9 Å². The molecule has 2 amide bonds. The molecule has 2 atom stereocenters. The van der Waals surface area contributed by atoms with Crippen LogP contribution in [0, 0.1) is 11.7 Å². The summed E-state index contributed by atoms with van der Waals surface area (Å²) >= 11 is 6.01. The molecular weight excluding hydrogens is 591 g/mol. The topological polar surface area (TPSA) is 170 Å². The molecule has 3 rings (SSSR count). The number of halogens is 2. The Balaban J connectivity index is 1.85. The molecule has 0 aliphatic heterocycles. The number of methoxy groups -OCH3 is 2. The van der Waals surface area contributed by atoms with Crippen molar-refractivity contribution >= 4 is 35.5 Å². The van der Waals surface area contributed by atoms with Crippen molar-refractivity contribution in [2.24, 2.45) is 5.92 Å². The highest BCUT2D eigenvalue weighted by Crippen LogP contribution is 2.26. The lowest BCUT2D eigenvalue weighted by atomic mass is 10.0. The van der Waals surface area contributed by atoms with E-state index in [0.717, 1.165) is 7.11 Å². The number of nitrogens with zero attached hydrogens (tertiary/aromatic N) is 2. The highest BCUT2D eigenvalue weighted by molar-refractivity contribution is 6.30. The van der Waals surface area contributed by atoms with E-state index in [2.05, 4.69) is 20.6 Å². The Morgan fingerprint density at radius 2 is 1.79 bits per heavy atom. The number of nitrogens with one attached hydrogen (secondary N) is 2. The quantitative estimate of drug-likeness (QED) is 0.188. The van der Waals surface area contributed by atoms with E-state index in [1.807, 2.05) is 0 Å². The van der Waals surface area contributed by atoms with Gasteiger partial charge in [-0.3, -0.25) is 10.2 Å². The third-order valence-electron chi connectivity index (χ3n) is 6.05. The van der Waals surface area contributed by atoms with Crippen LogP contribution >= 0.6 is 11.6 Å². The Kier molecular flexibility index (Phi) is 11.4. The minimum atomic E-state index is -1.78. The molecule has 2 aromatic carbocycles.